The highest BCUT2D eigenvalue weighted by molar-refractivity contribution is 7.23. The average Bonchev–Trinajstić information content (AvgIpc) is 3.23. The van der Waals surface area contributed by atoms with Crippen LogP contribution in [0.4, 0.5) is 0 Å². The molecule has 0 fully saturated rings. The number of rotatable bonds is 8. The summed E-state index contributed by atoms with van der Waals surface area (Å²) in [4.78, 5) is 26.9. The van der Waals surface area contributed by atoms with Crippen molar-refractivity contribution in [1.29, 1.82) is 0 Å². The van der Waals surface area contributed by atoms with Crippen molar-refractivity contribution in [2.45, 2.75) is 6.10 Å². The molecule has 1 atom stereocenters. The topological polar surface area (TPSA) is 103 Å². The van der Waals surface area contributed by atoms with Gasteiger partial charge in [-0.1, -0.05) is 41.4 Å². The van der Waals surface area contributed by atoms with Crippen molar-refractivity contribution >= 4 is 56.6 Å². The maximum atomic E-state index is 12.1. The largest absolute Gasteiger partial charge is 0.491 e. The fraction of sp³-hybridized carbons (Fsp3) is 0.222. The van der Waals surface area contributed by atoms with Crippen LogP contribution in [0.5, 0.6) is 5.75 Å². The predicted molar refractivity (Wildman–Crippen MR) is 109 cm³/mol. The molecule has 3 rings (SSSR count). The third-order valence-corrected chi connectivity index (χ3v) is 5.68. The van der Waals surface area contributed by atoms with Crippen LogP contribution < -0.4 is 15.4 Å². The van der Waals surface area contributed by atoms with Gasteiger partial charge >= 0.3 is 0 Å². The van der Waals surface area contributed by atoms with Crippen LogP contribution in [-0.2, 0) is 4.79 Å². The first kappa shape index (κ1) is 20.5. The second-order valence-electron chi connectivity index (χ2n) is 5.88. The molecule has 1 unspecified atom stereocenters. The van der Waals surface area contributed by atoms with Crippen LogP contribution in [0.25, 0.3) is 10.2 Å². The second-order valence-corrected chi connectivity index (χ2v) is 7.91. The normalized spacial score (nSPS) is 12.0. The van der Waals surface area contributed by atoms with Gasteiger partial charge in [-0.3, -0.25) is 9.59 Å². The van der Waals surface area contributed by atoms with Gasteiger partial charge in [0.25, 0.3) is 5.91 Å². The van der Waals surface area contributed by atoms with Crippen molar-refractivity contribution in [2.75, 3.05) is 19.7 Å². The first-order valence-electron chi connectivity index (χ1n) is 8.31. The Morgan fingerprint density at radius 2 is 1.96 bits per heavy atom. The number of benzene rings is 1. The Kier molecular flexibility index (Phi) is 6.79. The smallest absolute Gasteiger partial charge is 0.268 e. The molecule has 1 aromatic carbocycles. The molecular formula is C18H17Cl2N3O4S. The first-order valence-corrected chi connectivity index (χ1v) is 9.88. The van der Waals surface area contributed by atoms with E-state index in [-0.39, 0.29) is 25.4 Å². The minimum absolute atomic E-state index is 0.00781. The molecule has 148 valence electrons. The van der Waals surface area contributed by atoms with E-state index in [1.54, 1.807) is 18.2 Å². The highest BCUT2D eigenvalue weighted by Crippen LogP contribution is 2.38. The van der Waals surface area contributed by atoms with Gasteiger partial charge in [0.05, 0.1) is 21.8 Å². The number of amides is 2. The second kappa shape index (κ2) is 9.29. The number of aliphatic hydroxyl groups is 1. The number of nitrogens with one attached hydrogen (secondary N) is 3. The molecule has 2 aromatic heterocycles. The number of halogens is 2. The van der Waals surface area contributed by atoms with Gasteiger partial charge in [-0.05, 0) is 18.2 Å². The lowest BCUT2D eigenvalue weighted by molar-refractivity contribution is -0.120. The van der Waals surface area contributed by atoms with Gasteiger partial charge in [-0.2, -0.15) is 0 Å². The fourth-order valence-corrected chi connectivity index (χ4v) is 3.84. The van der Waals surface area contributed by atoms with Crippen LogP contribution >= 0.6 is 34.5 Å². The molecule has 0 saturated carbocycles. The van der Waals surface area contributed by atoms with E-state index in [9.17, 15) is 14.7 Å². The zero-order chi connectivity index (χ0) is 20.1. The summed E-state index contributed by atoms with van der Waals surface area (Å²) in [5, 5.41) is 15.3. The van der Waals surface area contributed by atoms with Crippen molar-refractivity contribution in [2.24, 2.45) is 0 Å². The molecular weight excluding hydrogens is 425 g/mol. The number of thiophene rings is 1. The fourth-order valence-electron chi connectivity index (χ4n) is 2.36. The molecule has 2 heterocycles. The van der Waals surface area contributed by atoms with Crippen molar-refractivity contribution in [3.63, 3.8) is 0 Å². The number of aromatic amines is 1. The number of aromatic nitrogens is 1. The van der Waals surface area contributed by atoms with E-state index >= 15 is 0 Å². The minimum Gasteiger partial charge on any atom is -0.491 e. The van der Waals surface area contributed by atoms with E-state index in [1.165, 1.54) is 11.3 Å². The molecule has 0 radical (unpaired) electrons. The molecule has 28 heavy (non-hydrogen) atoms. The van der Waals surface area contributed by atoms with E-state index in [4.69, 9.17) is 27.9 Å². The van der Waals surface area contributed by atoms with Crippen LogP contribution in [0.2, 0.25) is 9.36 Å². The lowest BCUT2D eigenvalue weighted by Crippen LogP contribution is -2.41. The van der Waals surface area contributed by atoms with Crippen LogP contribution in [0, 0.1) is 0 Å². The Morgan fingerprint density at radius 3 is 2.68 bits per heavy atom. The highest BCUT2D eigenvalue weighted by atomic mass is 35.5. The molecule has 10 heteroatoms. The first-order chi connectivity index (χ1) is 13.4. The Balaban J connectivity index is 1.40. The van der Waals surface area contributed by atoms with E-state index in [0.717, 1.165) is 4.70 Å². The number of carbonyl (C=O) groups excluding carboxylic acids is 2. The summed E-state index contributed by atoms with van der Waals surface area (Å²) in [5.41, 5.74) is 0.872. The molecule has 3 aromatic rings. The van der Waals surface area contributed by atoms with Crippen molar-refractivity contribution in [1.82, 2.24) is 15.6 Å². The molecule has 0 saturated heterocycles. The standard InChI is InChI=1S/C18H17Cl2N3O4S/c19-15-16-13(28-17(15)20)6-12(23-16)18(26)22-8-14(25)21-7-10(24)9-27-11-4-2-1-3-5-11/h1-6,10,23-24H,7-9H2,(H,21,25)(H,22,26). The average molecular weight is 442 g/mol. The van der Waals surface area contributed by atoms with Gasteiger partial charge in [-0.15, -0.1) is 11.3 Å². The molecule has 0 aliphatic carbocycles. The monoisotopic (exact) mass is 441 g/mol. The number of H-pyrrole nitrogens is 1. The summed E-state index contributed by atoms with van der Waals surface area (Å²) < 4.78 is 6.60. The van der Waals surface area contributed by atoms with Crippen molar-refractivity contribution in [3.8, 4) is 5.75 Å². The van der Waals surface area contributed by atoms with E-state index in [1.807, 2.05) is 18.2 Å². The predicted octanol–water partition coefficient (Wildman–Crippen LogP) is 2.82. The summed E-state index contributed by atoms with van der Waals surface area (Å²) >= 11 is 13.2. The van der Waals surface area contributed by atoms with Crippen molar-refractivity contribution in [3.05, 3.63) is 51.5 Å². The lowest BCUT2D eigenvalue weighted by atomic mass is 10.3. The van der Waals surface area contributed by atoms with Crippen LogP contribution in [0.15, 0.2) is 36.4 Å². The quantitative estimate of drug-likeness (QED) is 0.431. The maximum absolute atomic E-state index is 12.1. The van der Waals surface area contributed by atoms with Gasteiger partial charge in [0.15, 0.2) is 0 Å². The Morgan fingerprint density at radius 1 is 1.21 bits per heavy atom. The number of fused-ring (bicyclic) bond motifs is 1. The third-order valence-electron chi connectivity index (χ3n) is 3.75. The molecule has 7 nitrogen and oxygen atoms in total. The minimum atomic E-state index is -0.873. The van der Waals surface area contributed by atoms with E-state index < -0.39 is 17.9 Å². The van der Waals surface area contributed by atoms with Gasteiger partial charge < -0.3 is 25.5 Å². The highest BCUT2D eigenvalue weighted by Gasteiger charge is 2.16. The van der Waals surface area contributed by atoms with Gasteiger partial charge in [0, 0.05) is 6.54 Å². The molecule has 2 amide bonds. The molecule has 0 spiro atoms. The summed E-state index contributed by atoms with van der Waals surface area (Å²) in [6.07, 6.45) is -0.873. The van der Waals surface area contributed by atoms with E-state index in [2.05, 4.69) is 15.6 Å². The summed E-state index contributed by atoms with van der Waals surface area (Å²) in [5.74, 6) is -0.243. The maximum Gasteiger partial charge on any atom is 0.268 e. The molecule has 0 bridgehead atoms. The number of para-hydroxylation sites is 1. The Hall–Kier alpha value is -2.26. The Bertz CT molecular complexity index is 974. The number of aliphatic hydroxyl groups excluding tert-OH is 1. The zero-order valence-corrected chi connectivity index (χ0v) is 16.8. The Labute approximate surface area is 174 Å². The third kappa shape index (κ3) is 5.17. The van der Waals surface area contributed by atoms with Crippen molar-refractivity contribution < 1.29 is 19.4 Å². The summed E-state index contributed by atoms with van der Waals surface area (Å²) in [7, 11) is 0. The number of hydrogen-bond acceptors (Lipinski definition) is 5. The molecule has 4 N–H and O–H groups in total. The summed E-state index contributed by atoms with van der Waals surface area (Å²) in [6, 6.07) is 10.7. The van der Waals surface area contributed by atoms with Crippen LogP contribution in [0.3, 0.4) is 0 Å². The SMILES string of the molecule is O=C(CNC(=O)c1cc2sc(Cl)c(Cl)c2[nH]1)NCC(O)COc1ccccc1. The lowest BCUT2D eigenvalue weighted by Gasteiger charge is -2.13. The number of hydrogen-bond donors (Lipinski definition) is 4. The molecule has 0 aliphatic rings. The van der Waals surface area contributed by atoms with Crippen LogP contribution in [0.1, 0.15) is 10.5 Å². The van der Waals surface area contributed by atoms with Gasteiger partial charge in [0.1, 0.15) is 28.5 Å². The van der Waals surface area contributed by atoms with Gasteiger partial charge in [0.2, 0.25) is 5.91 Å². The van der Waals surface area contributed by atoms with E-state index in [0.29, 0.717) is 20.6 Å². The molecule has 0 aliphatic heterocycles. The van der Waals surface area contributed by atoms with Crippen LogP contribution in [-0.4, -0.2) is 47.7 Å². The van der Waals surface area contributed by atoms with Gasteiger partial charge in [-0.25, -0.2) is 0 Å². The number of carbonyl (C=O) groups is 2. The number of ether oxygens (including phenoxy) is 1. The zero-order valence-electron chi connectivity index (χ0n) is 14.5. The summed E-state index contributed by atoms with van der Waals surface area (Å²) in [6.45, 7) is -0.181.